The summed E-state index contributed by atoms with van der Waals surface area (Å²) in [5.74, 6) is 0.707. The van der Waals surface area contributed by atoms with E-state index in [0.717, 1.165) is 19.6 Å². The maximum absolute atomic E-state index is 5.38. The summed E-state index contributed by atoms with van der Waals surface area (Å²) in [5.41, 5.74) is 0. The molecule has 1 aliphatic heterocycles. The fourth-order valence-corrected chi connectivity index (χ4v) is 2.36. The van der Waals surface area contributed by atoms with E-state index in [0.29, 0.717) is 24.1 Å². The van der Waals surface area contributed by atoms with Gasteiger partial charge in [-0.05, 0) is 19.3 Å². The van der Waals surface area contributed by atoms with Gasteiger partial charge in [0.15, 0.2) is 0 Å². The number of nitrogens with zero attached hydrogens (tertiary/aromatic N) is 1. The van der Waals surface area contributed by atoms with Gasteiger partial charge in [0.05, 0.1) is 6.10 Å². The fourth-order valence-electron chi connectivity index (χ4n) is 2.36. The number of rotatable bonds is 5. The summed E-state index contributed by atoms with van der Waals surface area (Å²) >= 11 is 0. The van der Waals surface area contributed by atoms with Gasteiger partial charge in [0.25, 0.3) is 0 Å². The molecule has 0 aliphatic carbocycles. The van der Waals surface area contributed by atoms with E-state index in [1.165, 1.54) is 6.42 Å². The molecule has 1 N–H and O–H groups in total. The standard InChI is InChI=1S/C13H28N2O/c1-6-12-7-14-13(10(2)3)9-15(12)8-11(4)16-5/h10-14H,6-9H2,1-5H3. The number of methoxy groups -OCH3 is 1. The molecule has 3 unspecified atom stereocenters. The zero-order valence-electron chi connectivity index (χ0n) is 11.5. The van der Waals surface area contributed by atoms with Crippen LogP contribution in [-0.4, -0.2) is 49.8 Å². The normalized spacial score (nSPS) is 29.6. The first-order valence-corrected chi connectivity index (χ1v) is 6.58. The monoisotopic (exact) mass is 228 g/mol. The average molecular weight is 228 g/mol. The van der Waals surface area contributed by atoms with Crippen LogP contribution in [0.1, 0.15) is 34.1 Å². The highest BCUT2D eigenvalue weighted by Gasteiger charge is 2.28. The van der Waals surface area contributed by atoms with E-state index in [9.17, 15) is 0 Å². The van der Waals surface area contributed by atoms with Crippen molar-refractivity contribution in [3.8, 4) is 0 Å². The molecule has 1 saturated heterocycles. The molecule has 0 spiro atoms. The van der Waals surface area contributed by atoms with Gasteiger partial charge in [-0.15, -0.1) is 0 Å². The smallest absolute Gasteiger partial charge is 0.0670 e. The van der Waals surface area contributed by atoms with Gasteiger partial charge in [0.2, 0.25) is 0 Å². The Morgan fingerprint density at radius 2 is 2.06 bits per heavy atom. The summed E-state index contributed by atoms with van der Waals surface area (Å²) in [6.45, 7) is 12.3. The first-order chi connectivity index (χ1) is 7.58. The van der Waals surface area contributed by atoms with E-state index in [1.54, 1.807) is 7.11 Å². The molecule has 1 fully saturated rings. The van der Waals surface area contributed by atoms with Gasteiger partial charge in [0, 0.05) is 38.8 Å². The van der Waals surface area contributed by atoms with Gasteiger partial charge < -0.3 is 10.1 Å². The Hall–Kier alpha value is -0.120. The molecule has 1 aliphatic rings. The zero-order chi connectivity index (χ0) is 12.1. The van der Waals surface area contributed by atoms with Crippen molar-refractivity contribution in [3.05, 3.63) is 0 Å². The maximum Gasteiger partial charge on any atom is 0.0670 e. The van der Waals surface area contributed by atoms with Crippen LogP contribution in [-0.2, 0) is 4.74 Å². The van der Waals surface area contributed by atoms with Crippen molar-refractivity contribution in [2.75, 3.05) is 26.7 Å². The van der Waals surface area contributed by atoms with Crippen molar-refractivity contribution in [1.29, 1.82) is 0 Å². The quantitative estimate of drug-likeness (QED) is 0.775. The highest BCUT2D eigenvalue weighted by Crippen LogP contribution is 2.15. The Bertz CT molecular complexity index is 196. The third-order valence-electron chi connectivity index (χ3n) is 3.73. The van der Waals surface area contributed by atoms with Crippen molar-refractivity contribution in [2.24, 2.45) is 5.92 Å². The van der Waals surface area contributed by atoms with Gasteiger partial charge in [0.1, 0.15) is 0 Å². The molecular formula is C13H28N2O. The van der Waals surface area contributed by atoms with E-state index in [-0.39, 0.29) is 0 Å². The third-order valence-corrected chi connectivity index (χ3v) is 3.73. The van der Waals surface area contributed by atoms with Crippen molar-refractivity contribution < 1.29 is 4.74 Å². The molecule has 0 aromatic carbocycles. The lowest BCUT2D eigenvalue weighted by Crippen LogP contribution is -2.59. The van der Waals surface area contributed by atoms with Crippen LogP contribution in [0.2, 0.25) is 0 Å². The molecule has 0 aromatic heterocycles. The summed E-state index contributed by atoms with van der Waals surface area (Å²) in [5, 5.41) is 3.66. The lowest BCUT2D eigenvalue weighted by Gasteiger charge is -2.42. The predicted octanol–water partition coefficient (Wildman–Crippen LogP) is 1.73. The summed E-state index contributed by atoms with van der Waals surface area (Å²) in [6.07, 6.45) is 1.55. The van der Waals surface area contributed by atoms with Crippen LogP contribution in [0.25, 0.3) is 0 Å². The van der Waals surface area contributed by atoms with Crippen LogP contribution in [0.5, 0.6) is 0 Å². The van der Waals surface area contributed by atoms with Gasteiger partial charge >= 0.3 is 0 Å². The van der Waals surface area contributed by atoms with Crippen molar-refractivity contribution in [3.63, 3.8) is 0 Å². The van der Waals surface area contributed by atoms with Gasteiger partial charge in [-0.25, -0.2) is 0 Å². The number of hydrogen-bond acceptors (Lipinski definition) is 3. The molecule has 0 radical (unpaired) electrons. The Morgan fingerprint density at radius 1 is 1.38 bits per heavy atom. The second kappa shape index (κ2) is 6.58. The molecule has 0 saturated carbocycles. The SMILES string of the molecule is CCC1CNC(C(C)C)CN1CC(C)OC. The minimum atomic E-state index is 0.333. The van der Waals surface area contributed by atoms with E-state index >= 15 is 0 Å². The number of ether oxygens (including phenoxy) is 1. The Balaban J connectivity index is 2.53. The fraction of sp³-hybridized carbons (Fsp3) is 1.00. The zero-order valence-corrected chi connectivity index (χ0v) is 11.5. The Labute approximate surface area is 101 Å². The van der Waals surface area contributed by atoms with Crippen molar-refractivity contribution in [1.82, 2.24) is 10.2 Å². The highest BCUT2D eigenvalue weighted by molar-refractivity contribution is 4.87. The molecule has 3 heteroatoms. The summed E-state index contributed by atoms with van der Waals surface area (Å²) in [7, 11) is 1.80. The van der Waals surface area contributed by atoms with E-state index in [2.05, 4.69) is 37.9 Å². The van der Waals surface area contributed by atoms with Crippen LogP contribution in [0, 0.1) is 5.92 Å². The predicted molar refractivity (Wildman–Crippen MR) is 68.8 cm³/mol. The first kappa shape index (κ1) is 13.9. The minimum Gasteiger partial charge on any atom is -0.380 e. The molecule has 1 rings (SSSR count). The second-order valence-corrected chi connectivity index (χ2v) is 5.32. The molecule has 3 atom stereocenters. The summed E-state index contributed by atoms with van der Waals surface area (Å²) < 4.78 is 5.38. The molecule has 0 aromatic rings. The molecule has 1 heterocycles. The topological polar surface area (TPSA) is 24.5 Å². The number of piperazine rings is 1. The second-order valence-electron chi connectivity index (χ2n) is 5.32. The lowest BCUT2D eigenvalue weighted by molar-refractivity contribution is 0.0348. The molecule has 16 heavy (non-hydrogen) atoms. The van der Waals surface area contributed by atoms with E-state index in [1.807, 2.05) is 0 Å². The van der Waals surface area contributed by atoms with E-state index < -0.39 is 0 Å². The molecular weight excluding hydrogens is 200 g/mol. The Kier molecular flexibility index (Phi) is 5.73. The van der Waals surface area contributed by atoms with Crippen molar-refractivity contribution in [2.45, 2.75) is 52.3 Å². The van der Waals surface area contributed by atoms with Gasteiger partial charge in [-0.1, -0.05) is 20.8 Å². The third kappa shape index (κ3) is 3.72. The molecule has 3 nitrogen and oxygen atoms in total. The van der Waals surface area contributed by atoms with Crippen LogP contribution in [0.4, 0.5) is 0 Å². The minimum absolute atomic E-state index is 0.333. The summed E-state index contributed by atoms with van der Waals surface area (Å²) in [6, 6.07) is 1.31. The molecule has 0 bridgehead atoms. The molecule has 0 amide bonds. The summed E-state index contributed by atoms with van der Waals surface area (Å²) in [4.78, 5) is 2.59. The number of hydrogen-bond donors (Lipinski definition) is 1. The van der Waals surface area contributed by atoms with Crippen LogP contribution >= 0.6 is 0 Å². The highest BCUT2D eigenvalue weighted by atomic mass is 16.5. The lowest BCUT2D eigenvalue weighted by atomic mass is 9.98. The van der Waals surface area contributed by atoms with Crippen LogP contribution in [0.15, 0.2) is 0 Å². The average Bonchev–Trinajstić information content (AvgIpc) is 2.28. The Morgan fingerprint density at radius 3 is 2.56 bits per heavy atom. The van der Waals surface area contributed by atoms with Gasteiger partial charge in [-0.3, -0.25) is 4.90 Å². The largest absolute Gasteiger partial charge is 0.380 e. The van der Waals surface area contributed by atoms with E-state index in [4.69, 9.17) is 4.74 Å². The van der Waals surface area contributed by atoms with Gasteiger partial charge in [-0.2, -0.15) is 0 Å². The molecule has 96 valence electrons. The van der Waals surface area contributed by atoms with Crippen LogP contribution in [0.3, 0.4) is 0 Å². The first-order valence-electron chi connectivity index (χ1n) is 6.58. The van der Waals surface area contributed by atoms with Crippen LogP contribution < -0.4 is 5.32 Å². The number of nitrogens with one attached hydrogen (secondary N) is 1. The van der Waals surface area contributed by atoms with Crippen molar-refractivity contribution >= 4 is 0 Å². The maximum atomic E-state index is 5.38.